The maximum absolute atomic E-state index is 13.2. The number of amides is 2. The van der Waals surface area contributed by atoms with Crippen LogP contribution in [0.5, 0.6) is 0 Å². The van der Waals surface area contributed by atoms with Gasteiger partial charge >= 0.3 is 12.2 Å². The molecule has 34 heavy (non-hydrogen) atoms. The van der Waals surface area contributed by atoms with E-state index >= 15 is 0 Å². The number of nitrogens with one attached hydrogen (secondary N) is 1. The average molecular weight is 473 g/mol. The van der Waals surface area contributed by atoms with Gasteiger partial charge in [0.1, 0.15) is 6.07 Å². The molecule has 1 aromatic heterocycles. The van der Waals surface area contributed by atoms with Gasteiger partial charge < -0.3 is 19.5 Å². The molecule has 1 aliphatic rings. The minimum absolute atomic E-state index is 0.221. The molecule has 1 aliphatic heterocycles. The number of benzene rings is 2. The highest BCUT2D eigenvalue weighted by molar-refractivity contribution is 5.95. The molecule has 0 saturated carbocycles. The minimum atomic E-state index is -4.47. The molecule has 0 spiro atoms. The van der Waals surface area contributed by atoms with Gasteiger partial charge in [-0.25, -0.2) is 4.79 Å². The molecule has 1 N–H and O–H groups in total. The van der Waals surface area contributed by atoms with Crippen LogP contribution in [0.15, 0.2) is 42.5 Å². The number of alkyl halides is 3. The number of fused-ring (bicyclic) bond motifs is 1. The van der Waals surface area contributed by atoms with E-state index in [1.807, 2.05) is 20.8 Å². The first-order valence-corrected chi connectivity index (χ1v) is 11.2. The van der Waals surface area contributed by atoms with Gasteiger partial charge in [-0.05, 0) is 36.8 Å². The summed E-state index contributed by atoms with van der Waals surface area (Å²) in [6.45, 7) is 8.26. The van der Waals surface area contributed by atoms with Gasteiger partial charge in [0.2, 0.25) is 0 Å². The van der Waals surface area contributed by atoms with Crippen molar-refractivity contribution in [1.29, 1.82) is 5.26 Å². The second-order valence-corrected chi connectivity index (χ2v) is 7.42. The number of halogens is 3. The predicted molar refractivity (Wildman–Crippen MR) is 126 cm³/mol. The lowest BCUT2D eigenvalue weighted by atomic mass is 10.0. The molecule has 6 nitrogen and oxygen atoms in total. The fraction of sp³-hybridized carbons (Fsp3) is 0.360. The van der Waals surface area contributed by atoms with Crippen LogP contribution in [0.3, 0.4) is 0 Å². The zero-order valence-corrected chi connectivity index (χ0v) is 19.4. The number of ether oxygens (including phenoxy) is 1. The molecule has 0 atom stereocenters. The normalized spacial score (nSPS) is 13.7. The zero-order chi connectivity index (χ0) is 24.9. The second kappa shape index (κ2) is 10.6. The molecule has 2 amide bonds. The summed E-state index contributed by atoms with van der Waals surface area (Å²) in [5, 5.41) is 13.1. The van der Waals surface area contributed by atoms with Crippen LogP contribution in [0.1, 0.15) is 31.9 Å². The number of morpholine rings is 1. The molecule has 0 radical (unpaired) electrons. The van der Waals surface area contributed by atoms with Gasteiger partial charge in [-0.15, -0.1) is 0 Å². The number of nitriles is 1. The summed E-state index contributed by atoms with van der Waals surface area (Å²) in [7, 11) is 0. The molecule has 180 valence electrons. The van der Waals surface area contributed by atoms with Crippen LogP contribution >= 0.6 is 0 Å². The first kappa shape index (κ1) is 25.1. The van der Waals surface area contributed by atoms with Crippen LogP contribution in [-0.4, -0.2) is 41.8 Å². The van der Waals surface area contributed by atoms with Crippen LogP contribution in [0.2, 0.25) is 0 Å². The Kier molecular flexibility index (Phi) is 7.84. The molecule has 3 aromatic rings. The Hall–Kier alpha value is -3.51. The maximum Gasteiger partial charge on any atom is 0.416 e. The first-order valence-electron chi connectivity index (χ1n) is 11.2. The smallest absolute Gasteiger partial charge is 0.378 e. The Bertz CT molecular complexity index is 1190. The number of rotatable bonds is 3. The number of hydrogen-bond donors (Lipinski definition) is 1. The first-order chi connectivity index (χ1) is 16.3. The second-order valence-electron chi connectivity index (χ2n) is 7.42. The number of hydrogen-bond acceptors (Lipinski definition) is 3. The van der Waals surface area contributed by atoms with E-state index in [4.69, 9.17) is 4.74 Å². The number of carbonyl (C=O) groups excluding carboxylic acids is 1. The third kappa shape index (κ3) is 5.02. The molecule has 4 rings (SSSR count). The van der Waals surface area contributed by atoms with Gasteiger partial charge in [-0.3, -0.25) is 0 Å². The molecule has 1 fully saturated rings. The van der Waals surface area contributed by atoms with E-state index in [-0.39, 0.29) is 6.03 Å². The largest absolute Gasteiger partial charge is 0.416 e. The third-order valence-electron chi connectivity index (χ3n) is 5.53. The van der Waals surface area contributed by atoms with Gasteiger partial charge in [0.05, 0.1) is 35.6 Å². The number of carbonyl (C=O) groups is 1. The average Bonchev–Trinajstić information content (AvgIpc) is 3.18. The minimum Gasteiger partial charge on any atom is -0.378 e. The van der Waals surface area contributed by atoms with Crippen LogP contribution in [0.25, 0.3) is 22.2 Å². The summed E-state index contributed by atoms with van der Waals surface area (Å²) in [6, 6.07) is 12.3. The van der Waals surface area contributed by atoms with E-state index in [9.17, 15) is 23.2 Å². The van der Waals surface area contributed by atoms with Gasteiger partial charge in [-0.2, -0.15) is 18.4 Å². The van der Waals surface area contributed by atoms with Gasteiger partial charge in [-0.1, -0.05) is 32.0 Å². The molecule has 9 heteroatoms. The van der Waals surface area contributed by atoms with Gasteiger partial charge in [0.25, 0.3) is 0 Å². The lowest BCUT2D eigenvalue weighted by Crippen LogP contribution is -2.43. The quantitative estimate of drug-likeness (QED) is 0.500. The molecular weight excluding hydrogens is 445 g/mol. The number of urea groups is 1. The highest BCUT2D eigenvalue weighted by atomic mass is 19.4. The summed E-state index contributed by atoms with van der Waals surface area (Å²) >= 11 is 0. The van der Waals surface area contributed by atoms with Crippen molar-refractivity contribution in [2.24, 2.45) is 0 Å². The Morgan fingerprint density at radius 1 is 1.12 bits per heavy atom. The van der Waals surface area contributed by atoms with E-state index in [0.29, 0.717) is 66.3 Å². The van der Waals surface area contributed by atoms with Gasteiger partial charge in [0.15, 0.2) is 0 Å². The molecule has 0 bridgehead atoms. The number of aromatic nitrogens is 1. The van der Waals surface area contributed by atoms with Crippen LogP contribution in [-0.2, 0) is 17.5 Å². The van der Waals surface area contributed by atoms with E-state index in [0.717, 1.165) is 12.1 Å². The van der Waals surface area contributed by atoms with Crippen LogP contribution in [0.4, 0.5) is 23.7 Å². The lowest BCUT2D eigenvalue weighted by Gasteiger charge is -2.26. The van der Waals surface area contributed by atoms with Crippen molar-refractivity contribution < 1.29 is 22.7 Å². The Labute approximate surface area is 196 Å². The van der Waals surface area contributed by atoms with E-state index in [1.165, 1.54) is 6.07 Å². The summed E-state index contributed by atoms with van der Waals surface area (Å²) in [6.07, 6.45) is -4.47. The molecule has 0 aliphatic carbocycles. The highest BCUT2D eigenvalue weighted by Gasteiger charge is 2.31. The molecule has 2 aromatic carbocycles. The van der Waals surface area contributed by atoms with Crippen molar-refractivity contribution in [3.63, 3.8) is 0 Å². The van der Waals surface area contributed by atoms with Crippen molar-refractivity contribution in [1.82, 2.24) is 9.47 Å². The van der Waals surface area contributed by atoms with E-state index in [2.05, 4.69) is 11.4 Å². The summed E-state index contributed by atoms with van der Waals surface area (Å²) < 4.78 is 46.6. The van der Waals surface area contributed by atoms with Crippen molar-refractivity contribution in [3.8, 4) is 17.3 Å². The summed E-state index contributed by atoms with van der Waals surface area (Å²) in [5.41, 5.74) is 1.74. The maximum atomic E-state index is 13.2. The van der Waals surface area contributed by atoms with E-state index in [1.54, 1.807) is 33.7 Å². The number of nitrogens with zero attached hydrogens (tertiary/aromatic N) is 3. The van der Waals surface area contributed by atoms with E-state index < -0.39 is 11.7 Å². The Morgan fingerprint density at radius 3 is 2.32 bits per heavy atom. The van der Waals surface area contributed by atoms with Crippen LogP contribution < -0.4 is 5.32 Å². The SMILES string of the molecule is CC.CCn1c(-c2ccc(NC(=O)N3CCOCC3)cc2)c(C#N)c2ccc(C(F)(F)F)cc21. The zero-order valence-electron chi connectivity index (χ0n) is 19.4. The predicted octanol–water partition coefficient (Wildman–Crippen LogP) is 6.11. The van der Waals surface area contributed by atoms with Crippen molar-refractivity contribution in [2.45, 2.75) is 33.5 Å². The molecule has 2 heterocycles. The molecule has 0 unspecified atom stereocenters. The fourth-order valence-corrected chi connectivity index (χ4v) is 3.95. The standard InChI is InChI=1S/C23H21F3N4O2.C2H6/c1-2-30-20-13-16(23(24,25)26)5-8-18(20)19(14-27)21(30)15-3-6-17(7-4-15)28-22(31)29-9-11-32-12-10-29;1-2/h3-8,13H,2,9-12H2,1H3,(H,28,31);1-2H3. The van der Waals surface area contributed by atoms with Crippen molar-refractivity contribution in [2.75, 3.05) is 31.6 Å². The summed E-state index contributed by atoms with van der Waals surface area (Å²) in [4.78, 5) is 14.0. The topological polar surface area (TPSA) is 70.3 Å². The number of aryl methyl sites for hydroxylation is 1. The molecule has 1 saturated heterocycles. The van der Waals surface area contributed by atoms with Crippen molar-refractivity contribution in [3.05, 3.63) is 53.6 Å². The Balaban J connectivity index is 0.00000158. The monoisotopic (exact) mass is 472 g/mol. The van der Waals surface area contributed by atoms with Gasteiger partial charge in [0, 0.05) is 30.7 Å². The third-order valence-corrected chi connectivity index (χ3v) is 5.53. The van der Waals surface area contributed by atoms with Crippen LogP contribution in [0, 0.1) is 11.3 Å². The lowest BCUT2D eigenvalue weighted by molar-refractivity contribution is -0.137. The fourth-order valence-electron chi connectivity index (χ4n) is 3.95. The molecular formula is C25H27F3N4O2. The van der Waals surface area contributed by atoms with Crippen molar-refractivity contribution >= 4 is 22.6 Å². The summed E-state index contributed by atoms with van der Waals surface area (Å²) in [5.74, 6) is 0. The number of anilines is 1. The Morgan fingerprint density at radius 2 is 1.76 bits per heavy atom. The highest BCUT2D eigenvalue weighted by Crippen LogP contribution is 2.37.